The average molecular weight is 272 g/mol. The van der Waals surface area contributed by atoms with Gasteiger partial charge in [0.2, 0.25) is 0 Å². The highest BCUT2D eigenvalue weighted by atomic mass is 32.2. The lowest BCUT2D eigenvalue weighted by atomic mass is 9.88. The van der Waals surface area contributed by atoms with Gasteiger partial charge in [0, 0.05) is 31.4 Å². The van der Waals surface area contributed by atoms with Crippen molar-refractivity contribution in [1.82, 2.24) is 10.2 Å². The van der Waals surface area contributed by atoms with Crippen molar-refractivity contribution in [1.29, 1.82) is 0 Å². The summed E-state index contributed by atoms with van der Waals surface area (Å²) in [6.07, 6.45) is 1.68. The number of likely N-dealkylation sites (N-methyl/N-ethyl adjacent to an activating group) is 1. The van der Waals surface area contributed by atoms with E-state index in [0.717, 1.165) is 32.8 Å². The number of ether oxygens (including phenoxy) is 1. The Morgan fingerprint density at radius 2 is 2.28 bits per heavy atom. The summed E-state index contributed by atoms with van der Waals surface area (Å²) in [5.74, 6) is 2.56. The molecule has 18 heavy (non-hydrogen) atoms. The second kappa shape index (κ2) is 6.60. The van der Waals surface area contributed by atoms with Crippen LogP contribution in [0, 0.1) is 5.41 Å². The Hall–Kier alpha value is 0.230. The van der Waals surface area contributed by atoms with Crippen LogP contribution in [-0.4, -0.2) is 61.3 Å². The lowest BCUT2D eigenvalue weighted by Gasteiger charge is -2.37. The third-order valence-electron chi connectivity index (χ3n) is 3.92. The lowest BCUT2D eigenvalue weighted by Crippen LogP contribution is -2.49. The van der Waals surface area contributed by atoms with Gasteiger partial charge in [0.05, 0.1) is 12.7 Å². The number of nitrogens with zero attached hydrogens (tertiary/aromatic N) is 1. The average Bonchev–Trinajstić information content (AvgIpc) is 2.35. The fourth-order valence-electron chi connectivity index (χ4n) is 2.88. The summed E-state index contributed by atoms with van der Waals surface area (Å²) in [7, 11) is 0. The molecule has 0 bridgehead atoms. The molecule has 2 unspecified atom stereocenters. The predicted octanol–water partition coefficient (Wildman–Crippen LogP) is 1.83. The quantitative estimate of drug-likeness (QED) is 0.844. The second-order valence-electron chi connectivity index (χ2n) is 6.37. The molecular formula is C14H28N2OS. The summed E-state index contributed by atoms with van der Waals surface area (Å²) in [4.78, 5) is 2.48. The van der Waals surface area contributed by atoms with Crippen molar-refractivity contribution in [2.75, 3.05) is 44.3 Å². The molecule has 0 aromatic heterocycles. The molecule has 2 aliphatic heterocycles. The smallest absolute Gasteiger partial charge is 0.0826 e. The fourth-order valence-corrected chi connectivity index (χ4v) is 4.19. The SMILES string of the molecule is CCN1CCOC(CNC2CSCC(C)(C)C2)C1. The Morgan fingerprint density at radius 1 is 1.44 bits per heavy atom. The lowest BCUT2D eigenvalue weighted by molar-refractivity contribution is -0.0265. The van der Waals surface area contributed by atoms with Gasteiger partial charge in [0.25, 0.3) is 0 Å². The molecule has 3 nitrogen and oxygen atoms in total. The molecule has 2 aliphatic rings. The van der Waals surface area contributed by atoms with Crippen molar-refractivity contribution < 1.29 is 4.74 Å². The van der Waals surface area contributed by atoms with E-state index in [9.17, 15) is 0 Å². The first kappa shape index (κ1) is 14.6. The van der Waals surface area contributed by atoms with Crippen molar-refractivity contribution in [3.8, 4) is 0 Å². The predicted molar refractivity (Wildman–Crippen MR) is 79.4 cm³/mol. The number of nitrogens with one attached hydrogen (secondary N) is 1. The molecule has 0 aliphatic carbocycles. The van der Waals surface area contributed by atoms with Gasteiger partial charge >= 0.3 is 0 Å². The molecule has 2 heterocycles. The van der Waals surface area contributed by atoms with E-state index in [1.165, 1.54) is 17.9 Å². The van der Waals surface area contributed by atoms with Crippen LogP contribution in [0.5, 0.6) is 0 Å². The molecule has 0 saturated carbocycles. The van der Waals surface area contributed by atoms with Crippen LogP contribution in [0.1, 0.15) is 27.2 Å². The molecule has 2 saturated heterocycles. The Bertz CT molecular complexity index is 260. The van der Waals surface area contributed by atoms with Gasteiger partial charge in [-0.2, -0.15) is 11.8 Å². The van der Waals surface area contributed by atoms with Gasteiger partial charge < -0.3 is 10.1 Å². The van der Waals surface area contributed by atoms with Crippen LogP contribution in [0.15, 0.2) is 0 Å². The maximum absolute atomic E-state index is 5.84. The third-order valence-corrected chi connectivity index (χ3v) is 5.54. The van der Waals surface area contributed by atoms with Gasteiger partial charge in [0.1, 0.15) is 0 Å². The zero-order valence-electron chi connectivity index (χ0n) is 12.1. The zero-order valence-corrected chi connectivity index (χ0v) is 12.9. The highest BCUT2D eigenvalue weighted by Crippen LogP contribution is 2.33. The van der Waals surface area contributed by atoms with E-state index in [2.05, 4.69) is 42.7 Å². The van der Waals surface area contributed by atoms with E-state index in [0.29, 0.717) is 17.6 Å². The monoisotopic (exact) mass is 272 g/mol. The summed E-state index contributed by atoms with van der Waals surface area (Å²) >= 11 is 2.09. The highest BCUT2D eigenvalue weighted by molar-refractivity contribution is 7.99. The van der Waals surface area contributed by atoms with Gasteiger partial charge in [-0.05, 0) is 24.1 Å². The van der Waals surface area contributed by atoms with E-state index < -0.39 is 0 Å². The van der Waals surface area contributed by atoms with E-state index in [-0.39, 0.29) is 0 Å². The number of morpholine rings is 1. The molecule has 1 N–H and O–H groups in total. The molecule has 0 amide bonds. The minimum Gasteiger partial charge on any atom is -0.374 e. The summed E-state index contributed by atoms with van der Waals surface area (Å²) in [5, 5.41) is 3.72. The molecule has 2 atom stereocenters. The van der Waals surface area contributed by atoms with Crippen molar-refractivity contribution >= 4 is 11.8 Å². The van der Waals surface area contributed by atoms with Crippen molar-refractivity contribution in [2.24, 2.45) is 5.41 Å². The highest BCUT2D eigenvalue weighted by Gasteiger charge is 2.29. The van der Waals surface area contributed by atoms with Crippen LogP contribution in [0.4, 0.5) is 0 Å². The zero-order chi connectivity index (χ0) is 13.0. The Kier molecular flexibility index (Phi) is 5.36. The first-order valence-corrected chi connectivity index (χ1v) is 8.39. The van der Waals surface area contributed by atoms with Gasteiger partial charge in [-0.25, -0.2) is 0 Å². The van der Waals surface area contributed by atoms with E-state index in [1.54, 1.807) is 0 Å². The van der Waals surface area contributed by atoms with Crippen molar-refractivity contribution in [3.05, 3.63) is 0 Å². The van der Waals surface area contributed by atoms with Gasteiger partial charge in [0.15, 0.2) is 0 Å². The van der Waals surface area contributed by atoms with Crippen LogP contribution < -0.4 is 5.32 Å². The first-order chi connectivity index (χ1) is 8.59. The third kappa shape index (κ3) is 4.41. The number of hydrogen-bond acceptors (Lipinski definition) is 4. The summed E-state index contributed by atoms with van der Waals surface area (Å²) in [6, 6.07) is 0.666. The van der Waals surface area contributed by atoms with Gasteiger partial charge in [-0.15, -0.1) is 0 Å². The van der Waals surface area contributed by atoms with Crippen molar-refractivity contribution in [2.45, 2.75) is 39.3 Å². The fraction of sp³-hybridized carbons (Fsp3) is 1.00. The largest absolute Gasteiger partial charge is 0.374 e. The second-order valence-corrected chi connectivity index (χ2v) is 7.40. The summed E-state index contributed by atoms with van der Waals surface area (Å²) < 4.78 is 5.84. The van der Waals surface area contributed by atoms with E-state index in [4.69, 9.17) is 4.74 Å². The molecule has 0 aromatic rings. The maximum Gasteiger partial charge on any atom is 0.0826 e. The molecule has 2 rings (SSSR count). The summed E-state index contributed by atoms with van der Waals surface area (Å²) in [6.45, 7) is 12.2. The van der Waals surface area contributed by atoms with E-state index >= 15 is 0 Å². The molecule has 106 valence electrons. The van der Waals surface area contributed by atoms with E-state index in [1.807, 2.05) is 0 Å². The Morgan fingerprint density at radius 3 is 3.00 bits per heavy atom. The molecule has 4 heteroatoms. The minimum atomic E-state index is 0.383. The van der Waals surface area contributed by atoms with Crippen LogP contribution in [0.3, 0.4) is 0 Å². The van der Waals surface area contributed by atoms with Crippen molar-refractivity contribution in [3.63, 3.8) is 0 Å². The number of rotatable bonds is 4. The molecule has 0 aromatic carbocycles. The van der Waals surface area contributed by atoms with Crippen LogP contribution >= 0.6 is 11.8 Å². The molecule has 0 spiro atoms. The standard InChI is InChI=1S/C14H28N2OS/c1-4-16-5-6-17-13(9-16)8-15-12-7-14(2,3)11-18-10-12/h12-13,15H,4-11H2,1-3H3. The Balaban J connectivity index is 1.70. The van der Waals surface area contributed by atoms with Gasteiger partial charge in [-0.1, -0.05) is 20.8 Å². The summed E-state index contributed by atoms with van der Waals surface area (Å²) in [5.41, 5.74) is 0.490. The Labute approximate surface area is 116 Å². The first-order valence-electron chi connectivity index (χ1n) is 7.24. The normalized spacial score (nSPS) is 33.5. The maximum atomic E-state index is 5.84. The number of hydrogen-bond donors (Lipinski definition) is 1. The molecule has 0 radical (unpaired) electrons. The number of thioether (sulfide) groups is 1. The van der Waals surface area contributed by atoms with Crippen LogP contribution in [0.2, 0.25) is 0 Å². The minimum absolute atomic E-state index is 0.383. The molecule has 2 fully saturated rings. The van der Waals surface area contributed by atoms with Crippen LogP contribution in [0.25, 0.3) is 0 Å². The molecular weight excluding hydrogens is 244 g/mol. The van der Waals surface area contributed by atoms with Gasteiger partial charge in [-0.3, -0.25) is 4.90 Å². The van der Waals surface area contributed by atoms with Crippen LogP contribution in [-0.2, 0) is 4.74 Å². The topological polar surface area (TPSA) is 24.5 Å².